The molecule has 0 radical (unpaired) electrons. The third kappa shape index (κ3) is 3.84. The molecule has 1 heterocycles. The predicted molar refractivity (Wildman–Crippen MR) is 84.9 cm³/mol. The summed E-state index contributed by atoms with van der Waals surface area (Å²) in [5.74, 6) is 0.896. The predicted octanol–water partition coefficient (Wildman–Crippen LogP) is 3.08. The molecule has 112 valence electrons. The number of rotatable bonds is 6. The summed E-state index contributed by atoms with van der Waals surface area (Å²) >= 11 is 0. The van der Waals surface area contributed by atoms with E-state index in [-0.39, 0.29) is 0 Å². The molecule has 2 unspecified atom stereocenters. The molecule has 1 saturated heterocycles. The summed E-state index contributed by atoms with van der Waals surface area (Å²) in [5, 5.41) is 12.7. The summed E-state index contributed by atoms with van der Waals surface area (Å²) in [7, 11) is 0. The van der Waals surface area contributed by atoms with E-state index in [2.05, 4.69) is 29.3 Å². The van der Waals surface area contributed by atoms with Crippen LogP contribution in [0.25, 0.3) is 0 Å². The van der Waals surface area contributed by atoms with Crippen LogP contribution in [0.1, 0.15) is 49.8 Å². The molecule has 3 nitrogen and oxygen atoms in total. The maximum Gasteiger partial charge on any atom is 0.0991 e. The molecular weight excluding hydrogens is 258 g/mol. The lowest BCUT2D eigenvalue weighted by Crippen LogP contribution is -2.40. The van der Waals surface area contributed by atoms with Crippen LogP contribution in [0.5, 0.6) is 0 Å². The van der Waals surface area contributed by atoms with Crippen molar-refractivity contribution in [2.24, 2.45) is 5.92 Å². The van der Waals surface area contributed by atoms with E-state index in [0.717, 1.165) is 18.0 Å². The van der Waals surface area contributed by atoms with E-state index in [1.165, 1.54) is 44.3 Å². The summed E-state index contributed by atoms with van der Waals surface area (Å²) in [5.41, 5.74) is 2.04. The van der Waals surface area contributed by atoms with Gasteiger partial charge in [0.2, 0.25) is 0 Å². The minimum absolute atomic E-state index is 0.390. The molecule has 21 heavy (non-hydrogen) atoms. The summed E-state index contributed by atoms with van der Waals surface area (Å²) in [6.07, 6.45) is 5.38. The van der Waals surface area contributed by atoms with Crippen LogP contribution in [0.2, 0.25) is 0 Å². The monoisotopic (exact) mass is 283 g/mol. The van der Waals surface area contributed by atoms with Crippen molar-refractivity contribution in [1.29, 1.82) is 5.26 Å². The van der Waals surface area contributed by atoms with Crippen molar-refractivity contribution < 1.29 is 0 Å². The van der Waals surface area contributed by atoms with E-state index in [1.807, 2.05) is 18.2 Å². The molecular formula is C18H25N3. The van der Waals surface area contributed by atoms with E-state index in [9.17, 15) is 0 Å². The molecule has 0 amide bonds. The summed E-state index contributed by atoms with van der Waals surface area (Å²) in [4.78, 5) is 2.62. The zero-order valence-electron chi connectivity index (χ0n) is 12.9. The summed E-state index contributed by atoms with van der Waals surface area (Å²) in [6.45, 7) is 5.79. The van der Waals surface area contributed by atoms with Gasteiger partial charge in [-0.25, -0.2) is 0 Å². The Morgan fingerprint density at radius 1 is 1.33 bits per heavy atom. The maximum absolute atomic E-state index is 9.09. The van der Waals surface area contributed by atoms with Crippen molar-refractivity contribution in [3.63, 3.8) is 0 Å². The highest BCUT2D eigenvalue weighted by Gasteiger charge is 2.29. The highest BCUT2D eigenvalue weighted by Crippen LogP contribution is 2.33. The van der Waals surface area contributed by atoms with Crippen LogP contribution in [0.3, 0.4) is 0 Å². The quantitative estimate of drug-likeness (QED) is 0.872. The van der Waals surface area contributed by atoms with Gasteiger partial charge in [-0.05, 0) is 62.8 Å². The van der Waals surface area contributed by atoms with Crippen molar-refractivity contribution in [2.75, 3.05) is 19.6 Å². The van der Waals surface area contributed by atoms with E-state index in [1.54, 1.807) is 0 Å². The molecule has 2 fully saturated rings. The first-order chi connectivity index (χ1) is 10.3. The molecule has 2 aliphatic rings. The first kappa shape index (κ1) is 14.6. The van der Waals surface area contributed by atoms with Gasteiger partial charge in [-0.1, -0.05) is 12.1 Å². The smallest absolute Gasteiger partial charge is 0.0991 e. The van der Waals surface area contributed by atoms with Crippen molar-refractivity contribution in [3.8, 4) is 6.07 Å². The average Bonchev–Trinajstić information content (AvgIpc) is 3.19. The van der Waals surface area contributed by atoms with Gasteiger partial charge in [0.05, 0.1) is 11.6 Å². The Labute approximate surface area is 128 Å². The Morgan fingerprint density at radius 3 is 2.86 bits per heavy atom. The van der Waals surface area contributed by atoms with Crippen molar-refractivity contribution >= 4 is 0 Å². The molecule has 1 aromatic carbocycles. The van der Waals surface area contributed by atoms with Crippen LogP contribution in [0, 0.1) is 17.2 Å². The van der Waals surface area contributed by atoms with Gasteiger partial charge in [-0.2, -0.15) is 5.26 Å². The Kier molecular flexibility index (Phi) is 4.57. The molecule has 1 saturated carbocycles. The molecule has 1 aliphatic heterocycles. The van der Waals surface area contributed by atoms with Gasteiger partial charge in [0.15, 0.2) is 0 Å². The van der Waals surface area contributed by atoms with Gasteiger partial charge < -0.3 is 5.32 Å². The topological polar surface area (TPSA) is 39.1 Å². The SMILES string of the molecule is CC(c1cccc(C#N)c1)N(CC1CC1)CC1CCCN1. The van der Waals surface area contributed by atoms with Gasteiger partial charge in [0.25, 0.3) is 0 Å². The molecule has 1 aliphatic carbocycles. The van der Waals surface area contributed by atoms with Crippen LogP contribution in [-0.4, -0.2) is 30.6 Å². The first-order valence-corrected chi connectivity index (χ1v) is 8.24. The second-order valence-corrected chi connectivity index (χ2v) is 6.60. The Bertz CT molecular complexity index is 509. The number of hydrogen-bond acceptors (Lipinski definition) is 3. The largest absolute Gasteiger partial charge is 0.313 e. The van der Waals surface area contributed by atoms with E-state index < -0.39 is 0 Å². The molecule has 0 bridgehead atoms. The van der Waals surface area contributed by atoms with E-state index >= 15 is 0 Å². The summed E-state index contributed by atoms with van der Waals surface area (Å²) < 4.78 is 0. The van der Waals surface area contributed by atoms with Crippen molar-refractivity contribution in [1.82, 2.24) is 10.2 Å². The lowest BCUT2D eigenvalue weighted by Gasteiger charge is -2.32. The molecule has 1 aromatic rings. The normalized spacial score (nSPS) is 23.2. The zero-order valence-corrected chi connectivity index (χ0v) is 12.9. The van der Waals surface area contributed by atoms with Gasteiger partial charge in [0, 0.05) is 25.2 Å². The Balaban J connectivity index is 1.71. The number of hydrogen-bond donors (Lipinski definition) is 1. The van der Waals surface area contributed by atoms with E-state index in [4.69, 9.17) is 5.26 Å². The fraction of sp³-hybridized carbons (Fsp3) is 0.611. The van der Waals surface area contributed by atoms with Crippen molar-refractivity contribution in [3.05, 3.63) is 35.4 Å². The minimum atomic E-state index is 0.390. The average molecular weight is 283 g/mol. The van der Waals surface area contributed by atoms with Gasteiger partial charge >= 0.3 is 0 Å². The standard InChI is InChI=1S/C18H25N3/c1-14(17-5-2-4-16(10-17)11-19)21(12-15-7-8-15)13-18-6-3-9-20-18/h2,4-5,10,14-15,18,20H,3,6-9,12-13H2,1H3. The second-order valence-electron chi connectivity index (χ2n) is 6.60. The lowest BCUT2D eigenvalue weighted by molar-refractivity contribution is 0.184. The van der Waals surface area contributed by atoms with Crippen molar-refractivity contribution in [2.45, 2.75) is 44.7 Å². The van der Waals surface area contributed by atoms with Crippen LogP contribution in [-0.2, 0) is 0 Å². The lowest BCUT2D eigenvalue weighted by atomic mass is 10.0. The number of nitrogens with zero attached hydrogens (tertiary/aromatic N) is 2. The number of benzene rings is 1. The first-order valence-electron chi connectivity index (χ1n) is 8.24. The zero-order chi connectivity index (χ0) is 14.7. The minimum Gasteiger partial charge on any atom is -0.313 e. The van der Waals surface area contributed by atoms with Gasteiger partial charge in [0.1, 0.15) is 0 Å². The highest BCUT2D eigenvalue weighted by molar-refractivity contribution is 5.34. The fourth-order valence-corrected chi connectivity index (χ4v) is 3.30. The molecule has 3 heteroatoms. The number of nitrogens with one attached hydrogen (secondary N) is 1. The van der Waals surface area contributed by atoms with Crippen LogP contribution >= 0.6 is 0 Å². The van der Waals surface area contributed by atoms with Crippen LogP contribution in [0.4, 0.5) is 0 Å². The van der Waals surface area contributed by atoms with Gasteiger partial charge in [-0.15, -0.1) is 0 Å². The Morgan fingerprint density at radius 2 is 2.19 bits per heavy atom. The van der Waals surface area contributed by atoms with E-state index in [0.29, 0.717) is 12.1 Å². The third-order valence-corrected chi connectivity index (χ3v) is 4.85. The summed E-state index contributed by atoms with van der Waals surface area (Å²) in [6, 6.07) is 11.4. The third-order valence-electron chi connectivity index (χ3n) is 4.85. The molecule has 1 N–H and O–H groups in total. The maximum atomic E-state index is 9.09. The molecule has 3 rings (SSSR count). The Hall–Kier alpha value is -1.37. The van der Waals surface area contributed by atoms with Crippen LogP contribution in [0.15, 0.2) is 24.3 Å². The van der Waals surface area contributed by atoms with Crippen LogP contribution < -0.4 is 5.32 Å². The fourth-order valence-electron chi connectivity index (χ4n) is 3.30. The molecule has 0 aromatic heterocycles. The highest BCUT2D eigenvalue weighted by atomic mass is 15.2. The second kappa shape index (κ2) is 6.60. The molecule has 2 atom stereocenters. The van der Waals surface area contributed by atoms with Gasteiger partial charge in [-0.3, -0.25) is 4.90 Å². The molecule has 0 spiro atoms. The number of nitriles is 1.